The maximum absolute atomic E-state index is 12.3. The van der Waals surface area contributed by atoms with Gasteiger partial charge in [0.25, 0.3) is 5.91 Å². The lowest BCUT2D eigenvalue weighted by Crippen LogP contribution is -2.31. The summed E-state index contributed by atoms with van der Waals surface area (Å²) in [5.41, 5.74) is 10.9. The molecule has 0 bridgehead atoms. The standard InChI is InChI=1S/C16H18N2OS/c1-10-8-20-9-14(10)16(19)18-15-4-2-3-11-7-12(17)5-6-13(11)15/h5-9,15H,2-4,17H2,1H3,(H,18,19). The van der Waals surface area contributed by atoms with E-state index in [1.54, 1.807) is 11.3 Å². The molecule has 3 N–H and O–H groups in total. The van der Waals surface area contributed by atoms with Crippen LogP contribution in [0.1, 0.15) is 45.9 Å². The predicted octanol–water partition coefficient (Wildman–Crippen LogP) is 3.45. The lowest BCUT2D eigenvalue weighted by molar-refractivity contribution is 0.0932. The van der Waals surface area contributed by atoms with Crippen molar-refractivity contribution in [1.82, 2.24) is 5.32 Å². The van der Waals surface area contributed by atoms with Gasteiger partial charge < -0.3 is 11.1 Å². The van der Waals surface area contributed by atoms with Crippen LogP contribution < -0.4 is 11.1 Å². The minimum Gasteiger partial charge on any atom is -0.399 e. The Morgan fingerprint density at radius 1 is 1.40 bits per heavy atom. The number of nitrogens with one attached hydrogen (secondary N) is 1. The number of nitrogens with two attached hydrogens (primary N) is 1. The molecular weight excluding hydrogens is 268 g/mol. The van der Waals surface area contributed by atoms with E-state index in [-0.39, 0.29) is 11.9 Å². The van der Waals surface area contributed by atoms with Crippen LogP contribution in [0.4, 0.5) is 5.69 Å². The highest BCUT2D eigenvalue weighted by Crippen LogP contribution is 2.31. The maximum Gasteiger partial charge on any atom is 0.252 e. The number of amides is 1. The first-order chi connectivity index (χ1) is 9.65. The fourth-order valence-electron chi connectivity index (χ4n) is 2.81. The Balaban J connectivity index is 1.83. The van der Waals surface area contributed by atoms with Gasteiger partial charge in [0.15, 0.2) is 0 Å². The van der Waals surface area contributed by atoms with E-state index in [1.807, 2.05) is 29.8 Å². The molecule has 0 aliphatic heterocycles. The molecule has 1 unspecified atom stereocenters. The number of aryl methyl sites for hydroxylation is 2. The van der Waals surface area contributed by atoms with Gasteiger partial charge in [-0.1, -0.05) is 6.07 Å². The molecule has 0 spiro atoms. The molecule has 1 aromatic carbocycles. The molecule has 20 heavy (non-hydrogen) atoms. The molecule has 1 amide bonds. The molecule has 2 aromatic rings. The molecular formula is C16H18N2OS. The first-order valence-corrected chi connectivity index (χ1v) is 7.81. The first-order valence-electron chi connectivity index (χ1n) is 6.87. The first kappa shape index (κ1) is 13.2. The van der Waals surface area contributed by atoms with Crippen LogP contribution in [0.25, 0.3) is 0 Å². The average molecular weight is 286 g/mol. The van der Waals surface area contributed by atoms with Crippen LogP contribution >= 0.6 is 11.3 Å². The van der Waals surface area contributed by atoms with Gasteiger partial charge in [0.05, 0.1) is 11.6 Å². The van der Waals surface area contributed by atoms with E-state index >= 15 is 0 Å². The zero-order valence-corrected chi connectivity index (χ0v) is 12.3. The predicted molar refractivity (Wildman–Crippen MR) is 83.1 cm³/mol. The Bertz CT molecular complexity index is 648. The third-order valence-corrected chi connectivity index (χ3v) is 4.75. The summed E-state index contributed by atoms with van der Waals surface area (Å²) in [6, 6.07) is 6.10. The molecule has 1 aromatic heterocycles. The molecule has 0 saturated carbocycles. The van der Waals surface area contributed by atoms with Gasteiger partial charge in [-0.25, -0.2) is 0 Å². The second-order valence-corrected chi connectivity index (χ2v) is 6.09. The SMILES string of the molecule is Cc1cscc1C(=O)NC1CCCc2cc(N)ccc21. The Morgan fingerprint density at radius 3 is 3.00 bits per heavy atom. The van der Waals surface area contributed by atoms with Crippen LogP contribution in [0.3, 0.4) is 0 Å². The molecule has 104 valence electrons. The number of anilines is 1. The quantitative estimate of drug-likeness (QED) is 0.831. The number of fused-ring (bicyclic) bond motifs is 1. The number of hydrogen-bond donors (Lipinski definition) is 2. The van der Waals surface area contributed by atoms with Crippen LogP contribution in [0, 0.1) is 6.92 Å². The van der Waals surface area contributed by atoms with E-state index in [0.717, 1.165) is 36.1 Å². The molecule has 0 saturated heterocycles. The average Bonchev–Trinajstić information content (AvgIpc) is 2.85. The minimum absolute atomic E-state index is 0.0263. The lowest BCUT2D eigenvalue weighted by atomic mass is 9.87. The van der Waals surface area contributed by atoms with Crippen molar-refractivity contribution in [3.8, 4) is 0 Å². The summed E-state index contributed by atoms with van der Waals surface area (Å²) >= 11 is 1.57. The van der Waals surface area contributed by atoms with Crippen molar-refractivity contribution in [2.45, 2.75) is 32.2 Å². The Kier molecular flexibility index (Phi) is 3.49. The van der Waals surface area contributed by atoms with Crippen molar-refractivity contribution in [1.29, 1.82) is 0 Å². The van der Waals surface area contributed by atoms with Gasteiger partial charge in [-0.2, -0.15) is 11.3 Å². The van der Waals surface area contributed by atoms with Crippen LogP contribution in [-0.2, 0) is 6.42 Å². The fourth-order valence-corrected chi connectivity index (χ4v) is 3.64. The normalized spacial score (nSPS) is 17.6. The third kappa shape index (κ3) is 2.43. The number of rotatable bonds is 2. The van der Waals surface area contributed by atoms with Gasteiger partial charge in [-0.15, -0.1) is 0 Å². The van der Waals surface area contributed by atoms with Gasteiger partial charge in [-0.05, 0) is 60.4 Å². The number of carbonyl (C=O) groups excluding carboxylic acids is 1. The summed E-state index contributed by atoms with van der Waals surface area (Å²) in [5.74, 6) is 0.0263. The van der Waals surface area contributed by atoms with E-state index in [1.165, 1.54) is 11.1 Å². The highest BCUT2D eigenvalue weighted by molar-refractivity contribution is 7.08. The number of benzene rings is 1. The van der Waals surface area contributed by atoms with E-state index < -0.39 is 0 Å². The van der Waals surface area contributed by atoms with Gasteiger partial charge in [0.1, 0.15) is 0 Å². The third-order valence-electron chi connectivity index (χ3n) is 3.89. The van der Waals surface area contributed by atoms with Gasteiger partial charge in [-0.3, -0.25) is 4.79 Å². The summed E-state index contributed by atoms with van der Waals surface area (Å²) in [7, 11) is 0. The zero-order valence-electron chi connectivity index (χ0n) is 11.5. The van der Waals surface area contributed by atoms with Crippen molar-refractivity contribution in [2.24, 2.45) is 0 Å². The number of nitrogen functional groups attached to an aromatic ring is 1. The molecule has 1 heterocycles. The summed E-state index contributed by atoms with van der Waals surface area (Å²) in [6.45, 7) is 1.97. The zero-order chi connectivity index (χ0) is 14.1. The van der Waals surface area contributed by atoms with Crippen LogP contribution in [-0.4, -0.2) is 5.91 Å². The van der Waals surface area contributed by atoms with Gasteiger partial charge >= 0.3 is 0 Å². The molecule has 0 radical (unpaired) electrons. The molecule has 3 rings (SSSR count). The second-order valence-electron chi connectivity index (χ2n) is 5.35. The molecule has 0 fully saturated rings. The summed E-state index contributed by atoms with van der Waals surface area (Å²) in [6.07, 6.45) is 3.13. The summed E-state index contributed by atoms with van der Waals surface area (Å²) in [4.78, 5) is 12.3. The largest absolute Gasteiger partial charge is 0.399 e. The van der Waals surface area contributed by atoms with Gasteiger partial charge in [0, 0.05) is 11.1 Å². The van der Waals surface area contributed by atoms with Crippen LogP contribution in [0.5, 0.6) is 0 Å². The number of thiophene rings is 1. The Labute approximate surface area is 122 Å². The van der Waals surface area contributed by atoms with Crippen LogP contribution in [0.2, 0.25) is 0 Å². The highest BCUT2D eigenvalue weighted by Gasteiger charge is 2.23. The summed E-state index contributed by atoms with van der Waals surface area (Å²) < 4.78 is 0. The second kappa shape index (κ2) is 5.29. The van der Waals surface area contributed by atoms with Crippen LogP contribution in [0.15, 0.2) is 29.0 Å². The van der Waals surface area contributed by atoms with E-state index in [0.29, 0.717) is 0 Å². The number of hydrogen-bond acceptors (Lipinski definition) is 3. The smallest absolute Gasteiger partial charge is 0.252 e. The Morgan fingerprint density at radius 2 is 2.25 bits per heavy atom. The molecule has 4 heteroatoms. The van der Waals surface area contributed by atoms with Crippen molar-refractivity contribution >= 4 is 22.9 Å². The van der Waals surface area contributed by atoms with Gasteiger partial charge in [0.2, 0.25) is 0 Å². The topological polar surface area (TPSA) is 55.1 Å². The van der Waals surface area contributed by atoms with Crippen molar-refractivity contribution in [3.63, 3.8) is 0 Å². The van der Waals surface area contributed by atoms with E-state index in [2.05, 4.69) is 11.4 Å². The summed E-state index contributed by atoms with van der Waals surface area (Å²) in [5, 5.41) is 7.08. The van der Waals surface area contributed by atoms with E-state index in [4.69, 9.17) is 5.73 Å². The molecule has 3 nitrogen and oxygen atoms in total. The molecule has 1 aliphatic carbocycles. The van der Waals surface area contributed by atoms with Crippen molar-refractivity contribution < 1.29 is 4.79 Å². The van der Waals surface area contributed by atoms with E-state index in [9.17, 15) is 4.79 Å². The van der Waals surface area contributed by atoms with Crippen molar-refractivity contribution in [3.05, 3.63) is 51.2 Å². The number of carbonyl (C=O) groups is 1. The fraction of sp³-hybridized carbons (Fsp3) is 0.312. The molecule has 1 atom stereocenters. The monoisotopic (exact) mass is 286 g/mol. The maximum atomic E-state index is 12.3. The van der Waals surface area contributed by atoms with Crippen molar-refractivity contribution in [2.75, 3.05) is 5.73 Å². The molecule has 1 aliphatic rings. The lowest BCUT2D eigenvalue weighted by Gasteiger charge is -2.26. The highest BCUT2D eigenvalue weighted by atomic mass is 32.1. The Hall–Kier alpha value is -1.81. The minimum atomic E-state index is 0.0263.